The third-order valence-electron chi connectivity index (χ3n) is 2.26. The highest BCUT2D eigenvalue weighted by atomic mass is 19.1. The van der Waals surface area contributed by atoms with E-state index in [1.807, 2.05) is 6.07 Å². The Bertz CT molecular complexity index is 549. The Kier molecular flexibility index (Phi) is 3.40. The van der Waals surface area contributed by atoms with Gasteiger partial charge in [0.05, 0.1) is 0 Å². The largest absolute Gasteiger partial charge is 0.289 e. The lowest BCUT2D eigenvalue weighted by atomic mass is 10.1. The van der Waals surface area contributed by atoms with Gasteiger partial charge >= 0.3 is 0 Å². The number of allylic oxidation sites excluding steroid dienone is 1. The topological polar surface area (TPSA) is 30.0 Å². The molecule has 1 heterocycles. The maximum atomic E-state index is 13.2. The number of pyridine rings is 1. The minimum atomic E-state index is -0.579. The van der Waals surface area contributed by atoms with Gasteiger partial charge in [0.15, 0.2) is 5.78 Å². The highest BCUT2D eigenvalue weighted by molar-refractivity contribution is 6.06. The number of benzene rings is 1. The molecular weight excluding hydrogens is 217 g/mol. The zero-order valence-corrected chi connectivity index (χ0v) is 9.01. The van der Waals surface area contributed by atoms with Gasteiger partial charge in [-0.05, 0) is 24.3 Å². The summed E-state index contributed by atoms with van der Waals surface area (Å²) in [5, 5.41) is 0. The normalized spacial score (nSPS) is 10.6. The Morgan fingerprint density at radius 1 is 1.12 bits per heavy atom. The van der Waals surface area contributed by atoms with Crippen molar-refractivity contribution in [2.75, 3.05) is 0 Å². The summed E-state index contributed by atoms with van der Waals surface area (Å²) in [5.74, 6) is -0.738. The first-order valence-electron chi connectivity index (χ1n) is 5.15. The van der Waals surface area contributed by atoms with Gasteiger partial charge in [-0.1, -0.05) is 30.3 Å². The van der Waals surface area contributed by atoms with Crippen LogP contribution in [0.25, 0.3) is 6.08 Å². The van der Waals surface area contributed by atoms with Crippen LogP contribution < -0.4 is 0 Å². The molecule has 0 bridgehead atoms. The van der Waals surface area contributed by atoms with Crippen molar-refractivity contribution in [3.8, 4) is 0 Å². The van der Waals surface area contributed by atoms with Crippen LogP contribution in [0.1, 0.15) is 15.9 Å². The Labute approximate surface area is 98.4 Å². The summed E-state index contributed by atoms with van der Waals surface area (Å²) in [6.07, 6.45) is 4.14. The molecule has 0 fully saturated rings. The van der Waals surface area contributed by atoms with Gasteiger partial charge in [-0.2, -0.15) is 4.39 Å². The summed E-state index contributed by atoms with van der Waals surface area (Å²) < 4.78 is 13.2. The summed E-state index contributed by atoms with van der Waals surface area (Å²) in [5.41, 5.74) is 0.879. The van der Waals surface area contributed by atoms with Crippen LogP contribution in [0.4, 0.5) is 4.39 Å². The molecule has 0 radical (unpaired) electrons. The van der Waals surface area contributed by atoms with Crippen molar-refractivity contribution in [3.05, 3.63) is 71.8 Å². The molecule has 1 aromatic carbocycles. The van der Waals surface area contributed by atoms with Gasteiger partial charge < -0.3 is 0 Å². The molecule has 0 aliphatic rings. The van der Waals surface area contributed by atoms with Gasteiger partial charge in [0.1, 0.15) is 0 Å². The van der Waals surface area contributed by atoms with Crippen LogP contribution in [0.15, 0.2) is 54.7 Å². The van der Waals surface area contributed by atoms with E-state index in [4.69, 9.17) is 0 Å². The monoisotopic (exact) mass is 227 g/mol. The van der Waals surface area contributed by atoms with E-state index in [0.717, 1.165) is 0 Å². The van der Waals surface area contributed by atoms with Crippen LogP contribution in [-0.4, -0.2) is 10.8 Å². The highest BCUT2D eigenvalue weighted by Gasteiger charge is 2.01. The van der Waals surface area contributed by atoms with E-state index in [1.165, 1.54) is 18.3 Å². The van der Waals surface area contributed by atoms with E-state index in [1.54, 1.807) is 36.4 Å². The Morgan fingerprint density at radius 2 is 1.88 bits per heavy atom. The third kappa shape index (κ3) is 2.84. The van der Waals surface area contributed by atoms with Crippen molar-refractivity contribution in [1.29, 1.82) is 0 Å². The van der Waals surface area contributed by atoms with Crippen molar-refractivity contribution >= 4 is 11.9 Å². The number of ketones is 1. The SMILES string of the molecule is O=C(C=Cc1cccnc1F)c1ccccc1. The fourth-order valence-corrected chi connectivity index (χ4v) is 1.39. The van der Waals surface area contributed by atoms with E-state index in [9.17, 15) is 9.18 Å². The lowest BCUT2D eigenvalue weighted by Crippen LogP contribution is -1.93. The second-order valence-corrected chi connectivity index (χ2v) is 3.45. The summed E-state index contributed by atoms with van der Waals surface area (Å²) in [4.78, 5) is 15.2. The maximum absolute atomic E-state index is 13.2. The lowest BCUT2D eigenvalue weighted by molar-refractivity contribution is 0.104. The van der Waals surface area contributed by atoms with Crippen LogP contribution in [0.3, 0.4) is 0 Å². The Morgan fingerprint density at radius 3 is 2.59 bits per heavy atom. The van der Waals surface area contributed by atoms with Gasteiger partial charge in [-0.15, -0.1) is 0 Å². The standard InChI is InChI=1S/C14H10FNO/c15-14-12(7-4-10-16-14)8-9-13(17)11-5-2-1-3-6-11/h1-10H. The van der Waals surface area contributed by atoms with Crippen molar-refractivity contribution in [2.24, 2.45) is 0 Å². The smallest absolute Gasteiger partial charge is 0.220 e. The van der Waals surface area contributed by atoms with E-state index in [-0.39, 0.29) is 5.78 Å². The van der Waals surface area contributed by atoms with Crippen molar-refractivity contribution < 1.29 is 9.18 Å². The third-order valence-corrected chi connectivity index (χ3v) is 2.26. The number of hydrogen-bond donors (Lipinski definition) is 0. The van der Waals surface area contributed by atoms with Crippen LogP contribution in [0.2, 0.25) is 0 Å². The number of aromatic nitrogens is 1. The maximum Gasteiger partial charge on any atom is 0.220 e. The molecule has 0 aliphatic heterocycles. The molecule has 2 nitrogen and oxygen atoms in total. The average Bonchev–Trinajstić information content (AvgIpc) is 2.38. The van der Waals surface area contributed by atoms with E-state index in [2.05, 4.69) is 4.98 Å². The first kappa shape index (κ1) is 11.2. The van der Waals surface area contributed by atoms with Gasteiger partial charge in [-0.3, -0.25) is 4.79 Å². The van der Waals surface area contributed by atoms with Crippen molar-refractivity contribution in [3.63, 3.8) is 0 Å². The summed E-state index contributed by atoms with van der Waals surface area (Å²) in [6, 6.07) is 12.0. The number of carbonyl (C=O) groups excluding carboxylic acids is 1. The molecule has 2 rings (SSSR count). The lowest BCUT2D eigenvalue weighted by Gasteiger charge is -1.95. The molecule has 0 saturated heterocycles. The number of hydrogen-bond acceptors (Lipinski definition) is 2. The Hall–Kier alpha value is -2.29. The summed E-state index contributed by atoms with van der Waals surface area (Å²) in [7, 11) is 0. The fourth-order valence-electron chi connectivity index (χ4n) is 1.39. The summed E-state index contributed by atoms with van der Waals surface area (Å²) in [6.45, 7) is 0. The van der Waals surface area contributed by atoms with Gasteiger partial charge in [0, 0.05) is 17.3 Å². The molecule has 2 aromatic rings. The molecule has 1 aromatic heterocycles. The van der Waals surface area contributed by atoms with E-state index < -0.39 is 5.95 Å². The fraction of sp³-hybridized carbons (Fsp3) is 0. The van der Waals surface area contributed by atoms with E-state index in [0.29, 0.717) is 11.1 Å². The van der Waals surface area contributed by atoms with Gasteiger partial charge in [0.2, 0.25) is 5.95 Å². The molecule has 0 amide bonds. The van der Waals surface area contributed by atoms with Gasteiger partial charge in [0.25, 0.3) is 0 Å². The first-order valence-corrected chi connectivity index (χ1v) is 5.15. The van der Waals surface area contributed by atoms with Crippen LogP contribution >= 0.6 is 0 Å². The molecule has 0 atom stereocenters. The molecule has 84 valence electrons. The minimum Gasteiger partial charge on any atom is -0.289 e. The van der Waals surface area contributed by atoms with Gasteiger partial charge in [-0.25, -0.2) is 4.98 Å². The summed E-state index contributed by atoms with van der Waals surface area (Å²) >= 11 is 0. The molecule has 17 heavy (non-hydrogen) atoms. The molecule has 3 heteroatoms. The molecular formula is C14H10FNO. The van der Waals surface area contributed by atoms with E-state index >= 15 is 0 Å². The zero-order chi connectivity index (χ0) is 12.1. The number of halogens is 1. The number of nitrogens with zero attached hydrogens (tertiary/aromatic N) is 1. The number of carbonyl (C=O) groups is 1. The average molecular weight is 227 g/mol. The highest BCUT2D eigenvalue weighted by Crippen LogP contribution is 2.07. The van der Waals surface area contributed by atoms with Crippen LogP contribution in [0, 0.1) is 5.95 Å². The molecule has 0 aliphatic carbocycles. The van der Waals surface area contributed by atoms with Crippen LogP contribution in [0.5, 0.6) is 0 Å². The van der Waals surface area contributed by atoms with Crippen molar-refractivity contribution in [1.82, 2.24) is 4.98 Å². The van der Waals surface area contributed by atoms with Crippen molar-refractivity contribution in [2.45, 2.75) is 0 Å². The minimum absolute atomic E-state index is 0.158. The second-order valence-electron chi connectivity index (χ2n) is 3.45. The molecule has 0 spiro atoms. The number of rotatable bonds is 3. The predicted molar refractivity (Wildman–Crippen MR) is 64.0 cm³/mol. The second kappa shape index (κ2) is 5.16. The van der Waals surface area contributed by atoms with Crippen LogP contribution in [-0.2, 0) is 0 Å². The Balaban J connectivity index is 2.17. The zero-order valence-electron chi connectivity index (χ0n) is 9.01. The predicted octanol–water partition coefficient (Wildman–Crippen LogP) is 3.12. The molecule has 0 unspecified atom stereocenters. The first-order chi connectivity index (χ1) is 8.27. The molecule has 0 saturated carbocycles. The quantitative estimate of drug-likeness (QED) is 0.458. The molecule has 0 N–H and O–H groups in total.